The number of hydrogen-bond acceptors (Lipinski definition) is 4. The molecule has 1 fully saturated rings. The maximum Gasteiger partial charge on any atom is 0.222 e. The fourth-order valence-electron chi connectivity index (χ4n) is 3.50. The Morgan fingerprint density at radius 3 is 3.00 bits per heavy atom. The van der Waals surface area contributed by atoms with Crippen molar-refractivity contribution in [2.24, 2.45) is 7.05 Å². The van der Waals surface area contributed by atoms with E-state index in [1.54, 1.807) is 0 Å². The number of likely N-dealkylation sites (tertiary alicyclic amines) is 1. The second-order valence-corrected chi connectivity index (χ2v) is 6.78. The number of rotatable bonds is 5. The van der Waals surface area contributed by atoms with E-state index in [4.69, 9.17) is 0 Å². The number of aromatic nitrogens is 3. The number of nitrogens with one attached hydrogen (secondary N) is 1. The van der Waals surface area contributed by atoms with E-state index < -0.39 is 0 Å². The van der Waals surface area contributed by atoms with Gasteiger partial charge in [0.25, 0.3) is 0 Å². The maximum atomic E-state index is 12.7. The van der Waals surface area contributed by atoms with E-state index in [2.05, 4.69) is 27.5 Å². The predicted octanol–water partition coefficient (Wildman–Crippen LogP) is 2.50. The molecule has 2 aromatic rings. The van der Waals surface area contributed by atoms with Gasteiger partial charge in [0, 0.05) is 51.4 Å². The molecular weight excluding hydrogens is 314 g/mol. The van der Waals surface area contributed by atoms with Crippen molar-refractivity contribution in [2.45, 2.75) is 38.5 Å². The van der Waals surface area contributed by atoms with E-state index in [1.807, 2.05) is 43.0 Å². The van der Waals surface area contributed by atoms with Gasteiger partial charge >= 0.3 is 0 Å². The van der Waals surface area contributed by atoms with Crippen molar-refractivity contribution >= 4 is 11.7 Å². The highest BCUT2D eigenvalue weighted by molar-refractivity contribution is 5.76. The second-order valence-electron chi connectivity index (χ2n) is 6.78. The zero-order valence-corrected chi connectivity index (χ0v) is 15.3. The minimum absolute atomic E-state index is 0.246. The Balaban J connectivity index is 1.60. The summed E-state index contributed by atoms with van der Waals surface area (Å²) in [5.74, 6) is 1.52. The molecule has 1 atom stereocenters. The quantitative estimate of drug-likeness (QED) is 0.908. The van der Waals surface area contributed by atoms with Gasteiger partial charge in [-0.25, -0.2) is 4.98 Å². The van der Waals surface area contributed by atoms with E-state index in [-0.39, 0.29) is 5.91 Å². The Labute approximate surface area is 149 Å². The van der Waals surface area contributed by atoms with Gasteiger partial charge in [0.05, 0.1) is 6.20 Å². The van der Waals surface area contributed by atoms with Crippen LogP contribution < -0.4 is 5.32 Å². The summed E-state index contributed by atoms with van der Waals surface area (Å²) >= 11 is 0. The summed E-state index contributed by atoms with van der Waals surface area (Å²) in [6.45, 7) is 3.72. The summed E-state index contributed by atoms with van der Waals surface area (Å²) in [6, 6.07) is 4.16. The van der Waals surface area contributed by atoms with Gasteiger partial charge in [-0.1, -0.05) is 0 Å². The molecule has 1 aliphatic heterocycles. The molecule has 1 N–H and O–H groups in total. The summed E-state index contributed by atoms with van der Waals surface area (Å²) < 4.78 is 1.86. The number of carbonyl (C=O) groups excluding carboxylic acids is 1. The number of pyridine rings is 1. The van der Waals surface area contributed by atoms with Crippen LogP contribution in [-0.2, 0) is 18.3 Å². The minimum atomic E-state index is 0.246. The van der Waals surface area contributed by atoms with Gasteiger partial charge < -0.3 is 10.2 Å². The zero-order valence-electron chi connectivity index (χ0n) is 15.3. The van der Waals surface area contributed by atoms with Crippen molar-refractivity contribution < 1.29 is 4.79 Å². The van der Waals surface area contributed by atoms with E-state index in [0.29, 0.717) is 12.3 Å². The average molecular weight is 341 g/mol. The van der Waals surface area contributed by atoms with Crippen molar-refractivity contribution in [2.75, 3.05) is 25.5 Å². The normalized spacial score (nSPS) is 17.6. The van der Waals surface area contributed by atoms with Crippen LogP contribution in [0.5, 0.6) is 0 Å². The molecule has 0 unspecified atom stereocenters. The number of nitrogens with zero attached hydrogens (tertiary/aromatic N) is 4. The van der Waals surface area contributed by atoms with Gasteiger partial charge in [-0.3, -0.25) is 9.48 Å². The first-order valence-electron chi connectivity index (χ1n) is 8.97. The molecule has 0 bridgehead atoms. The molecule has 2 aromatic heterocycles. The monoisotopic (exact) mass is 341 g/mol. The highest BCUT2D eigenvalue weighted by atomic mass is 16.2. The Morgan fingerprint density at radius 2 is 2.28 bits per heavy atom. The van der Waals surface area contributed by atoms with Crippen LogP contribution in [0, 0.1) is 6.92 Å². The maximum absolute atomic E-state index is 12.7. The van der Waals surface area contributed by atoms with Crippen LogP contribution in [0.4, 0.5) is 5.82 Å². The number of piperidine rings is 1. The molecule has 3 heterocycles. The van der Waals surface area contributed by atoms with E-state index in [0.717, 1.165) is 49.4 Å². The van der Waals surface area contributed by atoms with E-state index in [9.17, 15) is 4.79 Å². The predicted molar refractivity (Wildman–Crippen MR) is 98.6 cm³/mol. The third kappa shape index (κ3) is 4.00. The first-order chi connectivity index (χ1) is 12.1. The van der Waals surface area contributed by atoms with Gasteiger partial charge in [-0.05, 0) is 49.4 Å². The number of anilines is 1. The molecule has 1 aliphatic rings. The third-order valence-electron chi connectivity index (χ3n) is 5.23. The summed E-state index contributed by atoms with van der Waals surface area (Å²) in [6.07, 6.45) is 7.21. The van der Waals surface area contributed by atoms with Gasteiger partial charge in [-0.2, -0.15) is 5.10 Å². The Kier molecular flexibility index (Phi) is 5.36. The molecule has 25 heavy (non-hydrogen) atoms. The largest absolute Gasteiger partial charge is 0.373 e. The zero-order chi connectivity index (χ0) is 17.8. The van der Waals surface area contributed by atoms with Crippen LogP contribution in [-0.4, -0.2) is 45.7 Å². The molecule has 3 rings (SSSR count). The number of hydrogen-bond donors (Lipinski definition) is 1. The molecule has 0 saturated carbocycles. The molecule has 6 heteroatoms. The van der Waals surface area contributed by atoms with Crippen molar-refractivity contribution in [3.8, 4) is 0 Å². The topological polar surface area (TPSA) is 63.1 Å². The van der Waals surface area contributed by atoms with Crippen molar-refractivity contribution in [1.29, 1.82) is 0 Å². The SMILES string of the molecule is CNc1cc([C@@H]2CCCN(C(=O)CCc3cnn(C)c3C)C2)ccn1. The van der Waals surface area contributed by atoms with Crippen LogP contribution in [0.15, 0.2) is 24.5 Å². The van der Waals surface area contributed by atoms with Crippen molar-refractivity contribution in [1.82, 2.24) is 19.7 Å². The Bertz CT molecular complexity index is 739. The fourth-order valence-corrected chi connectivity index (χ4v) is 3.50. The van der Waals surface area contributed by atoms with E-state index in [1.165, 1.54) is 5.56 Å². The lowest BCUT2D eigenvalue weighted by Gasteiger charge is -2.33. The summed E-state index contributed by atoms with van der Waals surface area (Å²) in [5, 5.41) is 7.34. The first kappa shape index (κ1) is 17.5. The van der Waals surface area contributed by atoms with Gasteiger partial charge in [-0.15, -0.1) is 0 Å². The first-order valence-corrected chi connectivity index (χ1v) is 8.97. The third-order valence-corrected chi connectivity index (χ3v) is 5.23. The Morgan fingerprint density at radius 1 is 1.44 bits per heavy atom. The number of carbonyl (C=O) groups is 1. The van der Waals surface area contributed by atoms with Gasteiger partial charge in [0.15, 0.2) is 0 Å². The van der Waals surface area contributed by atoms with Gasteiger partial charge in [0.2, 0.25) is 5.91 Å². The van der Waals surface area contributed by atoms with Crippen molar-refractivity contribution in [3.63, 3.8) is 0 Å². The molecule has 0 aromatic carbocycles. The molecule has 0 spiro atoms. The van der Waals surface area contributed by atoms with Crippen LogP contribution >= 0.6 is 0 Å². The lowest BCUT2D eigenvalue weighted by molar-refractivity contribution is -0.132. The highest BCUT2D eigenvalue weighted by Gasteiger charge is 2.25. The standard InChI is InChI=1S/C19H27N5O/c1-14-16(12-22-23(14)3)6-7-19(25)24-10-4-5-17(13-24)15-8-9-21-18(11-15)20-2/h8-9,11-12,17H,4-7,10,13H2,1-3H3,(H,20,21)/t17-/m1/s1. The average Bonchev–Trinajstić information content (AvgIpc) is 2.98. The lowest BCUT2D eigenvalue weighted by Crippen LogP contribution is -2.39. The van der Waals surface area contributed by atoms with Crippen LogP contribution in [0.2, 0.25) is 0 Å². The lowest BCUT2D eigenvalue weighted by atomic mass is 9.91. The molecule has 134 valence electrons. The molecule has 6 nitrogen and oxygen atoms in total. The van der Waals surface area contributed by atoms with E-state index >= 15 is 0 Å². The Hall–Kier alpha value is -2.37. The van der Waals surface area contributed by atoms with Crippen molar-refractivity contribution in [3.05, 3.63) is 41.3 Å². The molecule has 0 radical (unpaired) electrons. The molecule has 1 amide bonds. The molecule has 0 aliphatic carbocycles. The highest BCUT2D eigenvalue weighted by Crippen LogP contribution is 2.28. The summed E-state index contributed by atoms with van der Waals surface area (Å²) in [4.78, 5) is 19.0. The molecular formula is C19H27N5O. The summed E-state index contributed by atoms with van der Waals surface area (Å²) in [7, 11) is 3.81. The minimum Gasteiger partial charge on any atom is -0.373 e. The molecule has 1 saturated heterocycles. The van der Waals surface area contributed by atoms with Gasteiger partial charge in [0.1, 0.15) is 5.82 Å². The second kappa shape index (κ2) is 7.68. The summed E-state index contributed by atoms with van der Waals surface area (Å²) in [5.41, 5.74) is 3.57. The fraction of sp³-hybridized carbons (Fsp3) is 0.526. The van der Waals surface area contributed by atoms with Crippen LogP contribution in [0.3, 0.4) is 0 Å². The smallest absolute Gasteiger partial charge is 0.222 e. The number of aryl methyl sites for hydroxylation is 2. The van der Waals surface area contributed by atoms with Crippen LogP contribution in [0.1, 0.15) is 42.0 Å². The van der Waals surface area contributed by atoms with Crippen LogP contribution in [0.25, 0.3) is 0 Å². The number of amides is 1.